The number of aromatic nitrogens is 3. The van der Waals surface area contributed by atoms with Crippen molar-refractivity contribution in [1.82, 2.24) is 19.9 Å². The number of fused-ring (bicyclic) bond motifs is 1. The number of hydrogen-bond acceptors (Lipinski definition) is 6. The summed E-state index contributed by atoms with van der Waals surface area (Å²) in [6.45, 7) is -0.125. The summed E-state index contributed by atoms with van der Waals surface area (Å²) in [5, 5.41) is 14.2. The highest BCUT2D eigenvalue weighted by Gasteiger charge is 2.63. The number of sulfone groups is 1. The molecule has 102 valence electrons. The Bertz CT molecular complexity index is 640. The molecule has 0 bridgehead atoms. The number of amides is 1. The van der Waals surface area contributed by atoms with Crippen LogP contribution in [0.3, 0.4) is 0 Å². The van der Waals surface area contributed by atoms with Gasteiger partial charge >= 0.3 is 5.97 Å². The predicted octanol–water partition coefficient (Wildman–Crippen LogP) is -1.91. The monoisotopic (exact) mass is 286 g/mol. The van der Waals surface area contributed by atoms with Crippen LogP contribution in [0, 0.1) is 0 Å². The maximum absolute atomic E-state index is 12.2. The summed E-state index contributed by atoms with van der Waals surface area (Å²) in [6, 6.07) is -1.35. The number of carboxylic acids is 1. The minimum atomic E-state index is -3.70. The molecule has 0 aliphatic carbocycles. The van der Waals surface area contributed by atoms with Crippen LogP contribution in [0.2, 0.25) is 0 Å². The zero-order chi connectivity index (χ0) is 13.8. The van der Waals surface area contributed by atoms with Gasteiger partial charge in [0.25, 0.3) is 0 Å². The molecule has 0 spiro atoms. The summed E-state index contributed by atoms with van der Waals surface area (Å²) in [4.78, 5) is 23.6. The molecule has 2 aliphatic heterocycles. The summed E-state index contributed by atoms with van der Waals surface area (Å²) >= 11 is 0. The fourth-order valence-electron chi connectivity index (χ4n) is 2.57. The van der Waals surface area contributed by atoms with Crippen LogP contribution in [0.4, 0.5) is 0 Å². The van der Waals surface area contributed by atoms with Crippen LogP contribution in [0.5, 0.6) is 0 Å². The molecule has 2 fully saturated rings. The lowest BCUT2D eigenvalue weighted by Gasteiger charge is -2.34. The Morgan fingerprint density at radius 3 is 2.79 bits per heavy atom. The van der Waals surface area contributed by atoms with Gasteiger partial charge in [0.15, 0.2) is 9.84 Å². The first-order valence-electron chi connectivity index (χ1n) is 5.53. The number of carbonyl (C=O) groups is 2. The minimum Gasteiger partial charge on any atom is -0.480 e. The molecule has 19 heavy (non-hydrogen) atoms. The Morgan fingerprint density at radius 2 is 2.26 bits per heavy atom. The quantitative estimate of drug-likeness (QED) is 0.643. The van der Waals surface area contributed by atoms with E-state index in [1.807, 2.05) is 0 Å². The van der Waals surface area contributed by atoms with E-state index in [4.69, 9.17) is 0 Å². The first kappa shape index (κ1) is 12.1. The van der Waals surface area contributed by atoms with E-state index >= 15 is 0 Å². The van der Waals surface area contributed by atoms with Gasteiger partial charge in [-0.1, -0.05) is 5.21 Å². The highest BCUT2D eigenvalue weighted by Crippen LogP contribution is 2.39. The van der Waals surface area contributed by atoms with Crippen LogP contribution in [0.25, 0.3) is 0 Å². The Kier molecular flexibility index (Phi) is 2.39. The Hall–Kier alpha value is -1.97. The number of hydrogen-bond donors (Lipinski definition) is 1. The highest BCUT2D eigenvalue weighted by atomic mass is 32.2. The SMILES string of the molecule is O=C(O)C1C(Cn2ccnn2)S(=O)(=O)C2CC(=O)N12. The third-order valence-electron chi connectivity index (χ3n) is 3.49. The molecular weight excluding hydrogens is 276 g/mol. The second kappa shape index (κ2) is 3.76. The zero-order valence-corrected chi connectivity index (χ0v) is 10.4. The second-order valence-corrected chi connectivity index (χ2v) is 6.82. The van der Waals surface area contributed by atoms with Gasteiger partial charge in [0.2, 0.25) is 5.91 Å². The highest BCUT2D eigenvalue weighted by molar-refractivity contribution is 7.93. The van der Waals surface area contributed by atoms with Gasteiger partial charge in [-0.3, -0.25) is 9.48 Å². The van der Waals surface area contributed by atoms with Gasteiger partial charge in [0, 0.05) is 6.20 Å². The van der Waals surface area contributed by atoms with Crippen molar-refractivity contribution >= 4 is 21.7 Å². The van der Waals surface area contributed by atoms with E-state index in [9.17, 15) is 23.1 Å². The van der Waals surface area contributed by atoms with Crippen molar-refractivity contribution < 1.29 is 23.1 Å². The number of nitrogens with zero attached hydrogens (tertiary/aromatic N) is 4. The third-order valence-corrected chi connectivity index (χ3v) is 5.90. The Labute approximate surface area is 107 Å². The lowest BCUT2D eigenvalue weighted by atomic mass is 10.1. The predicted molar refractivity (Wildman–Crippen MR) is 59.4 cm³/mol. The van der Waals surface area contributed by atoms with Gasteiger partial charge in [-0.05, 0) is 0 Å². The van der Waals surface area contributed by atoms with E-state index in [0.29, 0.717) is 0 Å². The molecule has 0 saturated carbocycles. The smallest absolute Gasteiger partial charge is 0.327 e. The van der Waals surface area contributed by atoms with Gasteiger partial charge < -0.3 is 10.0 Å². The van der Waals surface area contributed by atoms with Crippen molar-refractivity contribution in [1.29, 1.82) is 0 Å². The van der Waals surface area contributed by atoms with Crippen molar-refractivity contribution in [2.45, 2.75) is 29.6 Å². The lowest BCUT2D eigenvalue weighted by molar-refractivity contribution is -0.156. The van der Waals surface area contributed by atoms with Crippen LogP contribution < -0.4 is 0 Å². The maximum atomic E-state index is 12.2. The van der Waals surface area contributed by atoms with Crippen molar-refractivity contribution in [2.24, 2.45) is 0 Å². The normalized spacial score (nSPS) is 31.9. The largest absolute Gasteiger partial charge is 0.480 e. The van der Waals surface area contributed by atoms with Crippen LogP contribution in [-0.2, 0) is 26.0 Å². The van der Waals surface area contributed by atoms with Crippen LogP contribution in [0.15, 0.2) is 12.4 Å². The minimum absolute atomic E-state index is 0.125. The van der Waals surface area contributed by atoms with Crippen LogP contribution in [0.1, 0.15) is 6.42 Å². The number of rotatable bonds is 3. The molecule has 3 heterocycles. The molecule has 0 radical (unpaired) electrons. The number of carbonyl (C=O) groups excluding carboxylic acids is 1. The molecule has 9 nitrogen and oxygen atoms in total. The molecular formula is C9H10N4O5S. The second-order valence-electron chi connectivity index (χ2n) is 4.50. The van der Waals surface area contributed by atoms with Gasteiger partial charge in [0.05, 0.1) is 19.2 Å². The Morgan fingerprint density at radius 1 is 1.53 bits per heavy atom. The first-order valence-corrected chi connectivity index (χ1v) is 7.14. The molecule has 3 rings (SSSR count). The van der Waals surface area contributed by atoms with E-state index in [2.05, 4.69) is 10.3 Å². The summed E-state index contributed by atoms with van der Waals surface area (Å²) in [5.41, 5.74) is 0. The van der Waals surface area contributed by atoms with Crippen LogP contribution >= 0.6 is 0 Å². The van der Waals surface area contributed by atoms with E-state index in [1.165, 1.54) is 17.1 Å². The van der Waals surface area contributed by atoms with E-state index < -0.39 is 38.4 Å². The van der Waals surface area contributed by atoms with Gasteiger partial charge in [0.1, 0.15) is 16.7 Å². The molecule has 3 atom stereocenters. The van der Waals surface area contributed by atoms with E-state index in [-0.39, 0.29) is 13.0 Å². The molecule has 1 aromatic rings. The molecule has 2 saturated heterocycles. The molecule has 0 aromatic carbocycles. The topological polar surface area (TPSA) is 122 Å². The van der Waals surface area contributed by atoms with Gasteiger partial charge in [-0.25, -0.2) is 13.2 Å². The summed E-state index contributed by atoms with van der Waals surface area (Å²) < 4.78 is 25.7. The summed E-state index contributed by atoms with van der Waals surface area (Å²) in [5.74, 6) is -1.76. The molecule has 2 aliphatic rings. The standard InChI is InChI=1S/C9H10N4O5S/c14-6-3-7-13(6)8(9(15)16)5(19(7,17)18)4-12-2-1-10-11-12/h1-2,5,7-8H,3-4H2,(H,15,16). The average molecular weight is 286 g/mol. The summed E-state index contributed by atoms with van der Waals surface area (Å²) in [7, 11) is -3.70. The van der Waals surface area contributed by atoms with Gasteiger partial charge in [-0.15, -0.1) is 5.10 Å². The lowest BCUT2D eigenvalue weighted by Crippen LogP contribution is -2.56. The molecule has 1 aromatic heterocycles. The number of β-lactam (4-membered cyclic amide) rings is 1. The Balaban J connectivity index is 1.99. The van der Waals surface area contributed by atoms with Crippen molar-refractivity contribution in [2.75, 3.05) is 0 Å². The third kappa shape index (κ3) is 1.56. The van der Waals surface area contributed by atoms with E-state index in [1.54, 1.807) is 0 Å². The fraction of sp³-hybridized carbons (Fsp3) is 0.556. The van der Waals surface area contributed by atoms with Gasteiger partial charge in [-0.2, -0.15) is 0 Å². The van der Waals surface area contributed by atoms with Crippen molar-refractivity contribution in [3.63, 3.8) is 0 Å². The summed E-state index contributed by atoms with van der Waals surface area (Å²) in [6.07, 6.45) is 2.68. The molecule has 10 heteroatoms. The molecule has 3 unspecified atom stereocenters. The zero-order valence-electron chi connectivity index (χ0n) is 9.58. The average Bonchev–Trinajstić information content (AvgIpc) is 2.87. The van der Waals surface area contributed by atoms with E-state index in [0.717, 1.165) is 4.90 Å². The fourth-order valence-corrected chi connectivity index (χ4v) is 4.88. The molecule has 1 amide bonds. The van der Waals surface area contributed by atoms with Crippen molar-refractivity contribution in [3.8, 4) is 0 Å². The number of carboxylic acid groups (broad SMARTS) is 1. The maximum Gasteiger partial charge on any atom is 0.327 e. The first-order chi connectivity index (χ1) is 8.93. The number of aliphatic carboxylic acids is 1. The van der Waals surface area contributed by atoms with Crippen molar-refractivity contribution in [3.05, 3.63) is 12.4 Å². The molecule has 1 N–H and O–H groups in total. The van der Waals surface area contributed by atoms with Crippen LogP contribution in [-0.4, -0.2) is 62.0 Å².